The Kier molecular flexibility index (Phi) is 4.39. The number of benzene rings is 1. The molecule has 1 aromatic heterocycles. The molecule has 0 radical (unpaired) electrons. The van der Waals surface area contributed by atoms with Gasteiger partial charge in [0.2, 0.25) is 5.91 Å². The minimum absolute atomic E-state index is 0.180. The normalized spacial score (nSPS) is 31.7. The number of ether oxygens (including phenoxy) is 2. The van der Waals surface area contributed by atoms with Gasteiger partial charge in [0, 0.05) is 0 Å². The van der Waals surface area contributed by atoms with Crippen LogP contribution in [0.1, 0.15) is 37.9 Å². The van der Waals surface area contributed by atoms with Crippen LogP contribution < -0.4 is 4.74 Å². The number of tetrazole rings is 1. The number of aliphatic carboxylic acids is 1. The molecule has 4 aliphatic rings. The van der Waals surface area contributed by atoms with Crippen molar-refractivity contribution in [3.05, 3.63) is 42.2 Å². The summed E-state index contributed by atoms with van der Waals surface area (Å²) in [6.45, 7) is 0.308. The smallest absolute Gasteiger partial charge is 0.310 e. The summed E-state index contributed by atoms with van der Waals surface area (Å²) >= 11 is 0. The van der Waals surface area contributed by atoms with Gasteiger partial charge in [0.15, 0.2) is 5.82 Å². The second-order valence-corrected chi connectivity index (χ2v) is 9.37. The van der Waals surface area contributed by atoms with E-state index in [-0.39, 0.29) is 5.91 Å². The van der Waals surface area contributed by atoms with Crippen molar-refractivity contribution in [1.82, 2.24) is 25.1 Å². The number of carboxylic acid groups (broad SMARTS) is 1. The first-order chi connectivity index (χ1) is 16.0. The fraction of sp³-hybridized carbons (Fsp3) is 0.522. The Morgan fingerprint density at radius 1 is 1.21 bits per heavy atom. The zero-order chi connectivity index (χ0) is 22.8. The summed E-state index contributed by atoms with van der Waals surface area (Å²) in [5, 5.41) is 22.5. The van der Waals surface area contributed by atoms with Gasteiger partial charge >= 0.3 is 5.97 Å². The van der Waals surface area contributed by atoms with Crippen LogP contribution in [0, 0.1) is 11.8 Å². The maximum absolute atomic E-state index is 13.9. The van der Waals surface area contributed by atoms with E-state index in [1.807, 2.05) is 35.2 Å². The summed E-state index contributed by atoms with van der Waals surface area (Å²) in [7, 11) is 1.61. The highest BCUT2D eigenvalue weighted by Crippen LogP contribution is 2.56. The first-order valence-electron chi connectivity index (χ1n) is 11.3. The van der Waals surface area contributed by atoms with Crippen molar-refractivity contribution < 1.29 is 24.2 Å². The van der Waals surface area contributed by atoms with Crippen molar-refractivity contribution in [3.63, 3.8) is 0 Å². The van der Waals surface area contributed by atoms with Gasteiger partial charge < -0.3 is 19.5 Å². The zero-order valence-corrected chi connectivity index (χ0v) is 18.3. The molecule has 3 aliphatic heterocycles. The number of nitrogens with zero attached hydrogens (tertiary/aromatic N) is 5. The topological polar surface area (TPSA) is 120 Å². The molecule has 10 heteroatoms. The van der Waals surface area contributed by atoms with E-state index in [0.29, 0.717) is 25.2 Å². The van der Waals surface area contributed by atoms with E-state index in [4.69, 9.17) is 9.47 Å². The van der Waals surface area contributed by atoms with Gasteiger partial charge in [0.1, 0.15) is 22.8 Å². The number of hydrogen-bond acceptors (Lipinski definition) is 7. The van der Waals surface area contributed by atoms with Crippen LogP contribution in [0.25, 0.3) is 5.69 Å². The maximum atomic E-state index is 13.9. The fourth-order valence-corrected chi connectivity index (χ4v) is 6.27. The standard InChI is InChI=1S/C23H25N5O5/c1-32-15-7-5-14(6-8-15)28-21(24-25-26-28)22(10-3-2-4-11-22)27-13-23-12-9-16(33-23)17(20(30)31)18(23)19(27)29/h5-9,12,16-18H,2-4,10-11,13H2,1H3,(H,30,31)/t16-,17+,18+,23-/m1/s1. The average molecular weight is 451 g/mol. The van der Waals surface area contributed by atoms with Crippen molar-refractivity contribution in [2.45, 2.75) is 49.3 Å². The van der Waals surface area contributed by atoms with E-state index in [2.05, 4.69) is 15.5 Å². The lowest BCUT2D eigenvalue weighted by molar-refractivity contribution is -0.150. The third-order valence-corrected chi connectivity index (χ3v) is 7.79. The lowest BCUT2D eigenvalue weighted by atomic mass is 9.77. The molecule has 3 fully saturated rings. The van der Waals surface area contributed by atoms with Crippen LogP contribution in [0.4, 0.5) is 0 Å². The molecular formula is C23H25N5O5. The van der Waals surface area contributed by atoms with Gasteiger partial charge in [-0.1, -0.05) is 31.4 Å². The SMILES string of the molecule is COc1ccc(-n2nnnc2C2(N3C[C@@]45C=C[C@@H](O4)[C@H](C(=O)O)[C@H]5C3=O)CCCCC2)cc1. The lowest BCUT2D eigenvalue weighted by Crippen LogP contribution is -2.52. The molecule has 2 aromatic rings. The van der Waals surface area contributed by atoms with Crippen LogP contribution in [-0.4, -0.2) is 67.4 Å². The highest BCUT2D eigenvalue weighted by molar-refractivity contribution is 5.91. The number of carbonyl (C=O) groups excluding carboxylic acids is 1. The highest BCUT2D eigenvalue weighted by atomic mass is 16.5. The number of hydrogen-bond donors (Lipinski definition) is 1. The molecule has 0 unspecified atom stereocenters. The molecule has 1 aliphatic carbocycles. The number of aromatic nitrogens is 4. The van der Waals surface area contributed by atoms with Gasteiger partial charge in [-0.05, 0) is 47.5 Å². The number of carbonyl (C=O) groups is 2. The molecule has 33 heavy (non-hydrogen) atoms. The molecule has 4 heterocycles. The third kappa shape index (κ3) is 2.73. The number of amides is 1. The summed E-state index contributed by atoms with van der Waals surface area (Å²) in [5.74, 6) is -1.45. The Labute approximate surface area is 190 Å². The number of likely N-dealkylation sites (tertiary alicyclic amines) is 1. The number of carboxylic acids is 1. The summed E-state index contributed by atoms with van der Waals surface area (Å²) in [5.41, 5.74) is -0.852. The lowest BCUT2D eigenvalue weighted by Gasteiger charge is -2.44. The molecule has 10 nitrogen and oxygen atoms in total. The van der Waals surface area contributed by atoms with Crippen LogP contribution in [0.5, 0.6) is 5.75 Å². The number of rotatable bonds is 5. The largest absolute Gasteiger partial charge is 0.497 e. The predicted molar refractivity (Wildman–Crippen MR) is 114 cm³/mol. The van der Waals surface area contributed by atoms with Gasteiger partial charge in [0.25, 0.3) is 0 Å². The quantitative estimate of drug-likeness (QED) is 0.682. The molecule has 1 aromatic carbocycles. The van der Waals surface area contributed by atoms with Crippen molar-refractivity contribution in [1.29, 1.82) is 0 Å². The number of fused-ring (bicyclic) bond motifs is 1. The monoisotopic (exact) mass is 451 g/mol. The second kappa shape index (κ2) is 7.11. The molecule has 4 atom stereocenters. The molecule has 1 N–H and O–H groups in total. The van der Waals surface area contributed by atoms with E-state index in [1.54, 1.807) is 17.9 Å². The van der Waals surface area contributed by atoms with Crippen LogP contribution in [0.15, 0.2) is 36.4 Å². The predicted octanol–water partition coefficient (Wildman–Crippen LogP) is 1.70. The minimum atomic E-state index is -0.993. The van der Waals surface area contributed by atoms with Crippen molar-refractivity contribution in [3.8, 4) is 11.4 Å². The van der Waals surface area contributed by atoms with Crippen LogP contribution in [0.3, 0.4) is 0 Å². The van der Waals surface area contributed by atoms with E-state index in [0.717, 1.165) is 30.7 Å². The second-order valence-electron chi connectivity index (χ2n) is 9.37. The Morgan fingerprint density at radius 2 is 1.97 bits per heavy atom. The van der Waals surface area contributed by atoms with Crippen molar-refractivity contribution in [2.24, 2.45) is 11.8 Å². The average Bonchev–Trinajstić information content (AvgIpc) is 3.60. The van der Waals surface area contributed by atoms with Crippen LogP contribution in [0.2, 0.25) is 0 Å². The first-order valence-corrected chi connectivity index (χ1v) is 11.3. The molecule has 172 valence electrons. The maximum Gasteiger partial charge on any atom is 0.310 e. The summed E-state index contributed by atoms with van der Waals surface area (Å²) in [4.78, 5) is 27.7. The van der Waals surface area contributed by atoms with Gasteiger partial charge in [-0.15, -0.1) is 5.10 Å². The molecular weight excluding hydrogens is 426 g/mol. The van der Waals surface area contributed by atoms with Gasteiger partial charge in [-0.25, -0.2) is 0 Å². The van der Waals surface area contributed by atoms with Gasteiger partial charge in [0.05, 0.1) is 31.4 Å². The Bertz CT molecular complexity index is 1140. The third-order valence-electron chi connectivity index (χ3n) is 7.79. The Hall–Kier alpha value is -3.27. The van der Waals surface area contributed by atoms with Crippen LogP contribution >= 0.6 is 0 Å². The zero-order valence-electron chi connectivity index (χ0n) is 18.3. The van der Waals surface area contributed by atoms with E-state index < -0.39 is 35.0 Å². The number of methoxy groups -OCH3 is 1. The van der Waals surface area contributed by atoms with Crippen molar-refractivity contribution >= 4 is 11.9 Å². The Balaban J connectivity index is 1.44. The Morgan fingerprint density at radius 3 is 2.67 bits per heavy atom. The van der Waals surface area contributed by atoms with Gasteiger partial charge in [-0.2, -0.15) is 4.68 Å². The minimum Gasteiger partial charge on any atom is -0.497 e. The van der Waals surface area contributed by atoms with Gasteiger partial charge in [-0.3, -0.25) is 9.59 Å². The van der Waals surface area contributed by atoms with Crippen molar-refractivity contribution in [2.75, 3.05) is 13.7 Å². The van der Waals surface area contributed by atoms with E-state index in [1.165, 1.54) is 0 Å². The fourth-order valence-electron chi connectivity index (χ4n) is 6.27. The molecule has 1 saturated carbocycles. The molecule has 2 saturated heterocycles. The first kappa shape index (κ1) is 20.3. The molecule has 2 bridgehead atoms. The molecule has 1 spiro atoms. The summed E-state index contributed by atoms with van der Waals surface area (Å²) in [6, 6.07) is 7.44. The summed E-state index contributed by atoms with van der Waals surface area (Å²) in [6.07, 6.45) is 7.48. The highest BCUT2D eigenvalue weighted by Gasteiger charge is 2.69. The van der Waals surface area contributed by atoms with E-state index >= 15 is 0 Å². The molecule has 1 amide bonds. The molecule has 6 rings (SSSR count). The summed E-state index contributed by atoms with van der Waals surface area (Å²) < 4.78 is 13.1. The van der Waals surface area contributed by atoms with E-state index in [9.17, 15) is 14.7 Å². The van der Waals surface area contributed by atoms with Crippen LogP contribution in [-0.2, 0) is 19.9 Å².